The lowest BCUT2D eigenvalue weighted by atomic mass is 9.85. The molecule has 0 unspecified atom stereocenters. The van der Waals surface area contributed by atoms with Crippen LogP contribution < -0.4 is 0 Å². The minimum absolute atomic E-state index is 0.111. The maximum absolute atomic E-state index is 12.8. The van der Waals surface area contributed by atoms with Gasteiger partial charge in [-0.3, -0.25) is 4.79 Å². The molecule has 1 amide bonds. The molecule has 26 heavy (non-hydrogen) atoms. The molecule has 2 aliphatic rings. The first-order valence-electron chi connectivity index (χ1n) is 8.93. The largest absolute Gasteiger partial charge is 0.449 e. The second kappa shape index (κ2) is 6.88. The highest BCUT2D eigenvalue weighted by atomic mass is 79.9. The van der Waals surface area contributed by atoms with E-state index in [2.05, 4.69) is 15.9 Å². The summed E-state index contributed by atoms with van der Waals surface area (Å²) in [6.07, 6.45) is 2.75. The molecule has 0 aliphatic carbocycles. The van der Waals surface area contributed by atoms with Crippen LogP contribution in [0.15, 0.2) is 53.0 Å². The molecule has 4 nitrogen and oxygen atoms in total. The zero-order valence-electron chi connectivity index (χ0n) is 14.4. The fourth-order valence-electron chi connectivity index (χ4n) is 3.98. The molecule has 134 valence electrons. The van der Waals surface area contributed by atoms with Crippen LogP contribution in [-0.4, -0.2) is 29.9 Å². The summed E-state index contributed by atoms with van der Waals surface area (Å²) < 4.78 is 6.81. The van der Waals surface area contributed by atoms with Gasteiger partial charge in [0.1, 0.15) is 0 Å². The van der Waals surface area contributed by atoms with Crippen LogP contribution >= 0.6 is 15.9 Å². The van der Waals surface area contributed by atoms with Gasteiger partial charge >= 0.3 is 5.97 Å². The Kier molecular flexibility index (Phi) is 4.57. The molecule has 2 aromatic carbocycles. The molecule has 5 heteroatoms. The summed E-state index contributed by atoms with van der Waals surface area (Å²) >= 11 is 3.53. The molecule has 2 aliphatic heterocycles. The average Bonchev–Trinajstić information content (AvgIpc) is 2.93. The predicted molar refractivity (Wildman–Crippen MR) is 102 cm³/mol. The van der Waals surface area contributed by atoms with Crippen molar-refractivity contribution >= 4 is 27.8 Å². The molecule has 1 atom stereocenters. The topological polar surface area (TPSA) is 46.6 Å². The number of amides is 1. The van der Waals surface area contributed by atoms with Gasteiger partial charge in [0.2, 0.25) is 5.91 Å². The van der Waals surface area contributed by atoms with Gasteiger partial charge in [0.25, 0.3) is 0 Å². The number of rotatable bonds is 3. The van der Waals surface area contributed by atoms with Gasteiger partial charge in [-0.15, -0.1) is 0 Å². The van der Waals surface area contributed by atoms with Gasteiger partial charge < -0.3 is 9.64 Å². The molecule has 0 bridgehead atoms. The van der Waals surface area contributed by atoms with Crippen LogP contribution in [-0.2, 0) is 21.6 Å². The van der Waals surface area contributed by atoms with E-state index < -0.39 is 5.60 Å². The van der Waals surface area contributed by atoms with Crippen LogP contribution in [0.1, 0.15) is 40.7 Å². The van der Waals surface area contributed by atoms with E-state index in [0.717, 1.165) is 35.0 Å². The van der Waals surface area contributed by atoms with Crippen molar-refractivity contribution in [2.45, 2.75) is 31.3 Å². The number of piperidine rings is 1. The Labute approximate surface area is 161 Å². The van der Waals surface area contributed by atoms with Gasteiger partial charge in [-0.1, -0.05) is 52.3 Å². The summed E-state index contributed by atoms with van der Waals surface area (Å²) in [6.45, 7) is 1.17. The number of carbonyl (C=O) groups is 2. The van der Waals surface area contributed by atoms with Crippen LogP contribution in [0.2, 0.25) is 0 Å². The first-order chi connectivity index (χ1) is 12.6. The quantitative estimate of drug-likeness (QED) is 0.712. The minimum Gasteiger partial charge on any atom is -0.449 e. The summed E-state index contributed by atoms with van der Waals surface area (Å²) in [7, 11) is 0. The normalized spacial score (nSPS) is 21.6. The number of ether oxygens (including phenoxy) is 1. The lowest BCUT2D eigenvalue weighted by molar-refractivity contribution is -0.138. The highest BCUT2D eigenvalue weighted by Gasteiger charge is 2.48. The second-order valence-corrected chi connectivity index (χ2v) is 7.79. The van der Waals surface area contributed by atoms with Crippen LogP contribution in [0.5, 0.6) is 0 Å². The van der Waals surface area contributed by atoms with Crippen LogP contribution in [0.4, 0.5) is 0 Å². The molecular weight excluding hydrogens is 394 g/mol. The van der Waals surface area contributed by atoms with Crippen molar-refractivity contribution in [2.75, 3.05) is 13.1 Å². The number of likely N-dealkylation sites (tertiary alicyclic amines) is 1. The fraction of sp³-hybridized carbons (Fsp3) is 0.333. The fourth-order valence-corrected chi connectivity index (χ4v) is 4.47. The standard InChI is InChI=1S/C21H20BrNO3/c22-18-9-4-1-6-15(18)10-11-19(24)23-13-5-12-21(14-23)17-8-3-2-7-16(17)20(25)26-21/h1-4,6-9H,5,10-14H2/t21-/m0/s1. The summed E-state index contributed by atoms with van der Waals surface area (Å²) in [5.41, 5.74) is 2.02. The maximum Gasteiger partial charge on any atom is 0.339 e. The van der Waals surface area contributed by atoms with Crippen molar-refractivity contribution in [2.24, 2.45) is 0 Å². The Morgan fingerprint density at radius 1 is 1.15 bits per heavy atom. The van der Waals surface area contributed by atoms with Crippen LogP contribution in [0, 0.1) is 0 Å². The van der Waals surface area contributed by atoms with Gasteiger partial charge in [-0.05, 0) is 37.0 Å². The van der Waals surface area contributed by atoms with E-state index in [-0.39, 0.29) is 11.9 Å². The molecule has 4 rings (SSSR count). The van der Waals surface area contributed by atoms with Crippen LogP contribution in [0.25, 0.3) is 0 Å². The van der Waals surface area contributed by atoms with E-state index in [4.69, 9.17) is 4.74 Å². The third kappa shape index (κ3) is 3.05. The monoisotopic (exact) mass is 413 g/mol. The summed E-state index contributed by atoms with van der Waals surface area (Å²) in [4.78, 5) is 26.9. The van der Waals surface area contributed by atoms with Crippen molar-refractivity contribution in [3.8, 4) is 0 Å². The SMILES string of the molecule is O=C1O[C@]2(CCCN(C(=O)CCc3ccccc3Br)C2)c2ccccc21. The summed E-state index contributed by atoms with van der Waals surface area (Å²) in [5, 5.41) is 0. The van der Waals surface area contributed by atoms with Gasteiger partial charge in [0.05, 0.1) is 12.1 Å². The number of fused-ring (bicyclic) bond motifs is 2. The number of carbonyl (C=O) groups excluding carboxylic acids is 2. The van der Waals surface area contributed by atoms with Crippen molar-refractivity contribution in [1.82, 2.24) is 4.90 Å². The van der Waals surface area contributed by atoms with Crippen molar-refractivity contribution in [3.63, 3.8) is 0 Å². The van der Waals surface area contributed by atoms with Gasteiger partial charge in [0.15, 0.2) is 5.60 Å². The number of benzene rings is 2. The van der Waals surface area contributed by atoms with E-state index in [0.29, 0.717) is 24.9 Å². The third-order valence-electron chi connectivity index (χ3n) is 5.30. The lowest BCUT2D eigenvalue weighted by Crippen LogP contribution is -2.48. The summed E-state index contributed by atoms with van der Waals surface area (Å²) in [5.74, 6) is -0.164. The highest BCUT2D eigenvalue weighted by Crippen LogP contribution is 2.42. The van der Waals surface area contributed by atoms with Gasteiger partial charge in [-0.25, -0.2) is 4.79 Å². The Morgan fingerprint density at radius 2 is 1.92 bits per heavy atom. The molecule has 0 radical (unpaired) electrons. The second-order valence-electron chi connectivity index (χ2n) is 6.94. The van der Waals surface area contributed by atoms with E-state index in [1.165, 1.54) is 0 Å². The molecule has 1 saturated heterocycles. The van der Waals surface area contributed by atoms with E-state index in [9.17, 15) is 9.59 Å². The molecule has 0 aromatic heterocycles. The van der Waals surface area contributed by atoms with Crippen molar-refractivity contribution in [3.05, 3.63) is 69.7 Å². The maximum atomic E-state index is 12.8. The zero-order valence-corrected chi connectivity index (χ0v) is 16.0. The molecule has 0 saturated carbocycles. The van der Waals surface area contributed by atoms with Crippen LogP contribution in [0.3, 0.4) is 0 Å². The Hall–Kier alpha value is -2.14. The Bertz CT molecular complexity index is 866. The number of hydrogen-bond acceptors (Lipinski definition) is 3. The average molecular weight is 414 g/mol. The lowest BCUT2D eigenvalue weighted by Gasteiger charge is -2.39. The van der Waals surface area contributed by atoms with Crippen molar-refractivity contribution in [1.29, 1.82) is 0 Å². The molecule has 2 aromatic rings. The predicted octanol–water partition coefficient (Wildman–Crippen LogP) is 4.07. The molecule has 1 spiro atoms. The summed E-state index contributed by atoms with van der Waals surface area (Å²) in [6, 6.07) is 15.5. The van der Waals surface area contributed by atoms with E-state index in [1.54, 1.807) is 6.07 Å². The zero-order chi connectivity index (χ0) is 18.1. The van der Waals surface area contributed by atoms with E-state index >= 15 is 0 Å². The number of nitrogens with zero attached hydrogens (tertiary/aromatic N) is 1. The molecule has 2 heterocycles. The first kappa shape index (κ1) is 17.3. The minimum atomic E-state index is -0.672. The number of hydrogen-bond donors (Lipinski definition) is 0. The number of halogens is 1. The molecular formula is C21H20BrNO3. The number of esters is 1. The Balaban J connectivity index is 1.48. The van der Waals surface area contributed by atoms with Gasteiger partial charge in [-0.2, -0.15) is 0 Å². The first-order valence-corrected chi connectivity index (χ1v) is 9.72. The highest BCUT2D eigenvalue weighted by molar-refractivity contribution is 9.10. The smallest absolute Gasteiger partial charge is 0.339 e. The molecule has 1 fully saturated rings. The third-order valence-corrected chi connectivity index (χ3v) is 6.07. The van der Waals surface area contributed by atoms with Gasteiger partial charge in [0, 0.05) is 23.0 Å². The molecule has 0 N–H and O–H groups in total. The van der Waals surface area contributed by atoms with E-state index in [1.807, 2.05) is 47.4 Å². The number of aryl methyl sites for hydroxylation is 1. The van der Waals surface area contributed by atoms with Crippen molar-refractivity contribution < 1.29 is 14.3 Å². The Morgan fingerprint density at radius 3 is 2.77 bits per heavy atom.